The van der Waals surface area contributed by atoms with Crippen LogP contribution in [-0.2, 0) is 33.4 Å². The predicted molar refractivity (Wildman–Crippen MR) is 108 cm³/mol. The Morgan fingerprint density at radius 1 is 1.12 bits per heavy atom. The number of anilines is 1. The van der Waals surface area contributed by atoms with Crippen LogP contribution in [0, 0.1) is 0 Å². The monoisotopic (exact) mass is 531 g/mol. The van der Waals surface area contributed by atoms with Crippen molar-refractivity contribution >= 4 is 44.4 Å². The van der Waals surface area contributed by atoms with Gasteiger partial charge in [-0.05, 0) is 24.3 Å². The first-order chi connectivity index (χ1) is 15.1. The summed E-state index contributed by atoms with van der Waals surface area (Å²) in [6.07, 6.45) is -9.46. The van der Waals surface area contributed by atoms with E-state index in [0.29, 0.717) is 0 Å². The van der Waals surface area contributed by atoms with E-state index in [1.165, 1.54) is 17.5 Å². The second kappa shape index (κ2) is 8.65. The minimum Gasteiger partial charge on any atom is -0.326 e. The predicted octanol–water partition coefficient (Wildman–Crippen LogP) is 5.21. The van der Waals surface area contributed by atoms with Crippen molar-refractivity contribution in [1.29, 1.82) is 0 Å². The Balaban J connectivity index is 1.80. The minimum absolute atomic E-state index is 0.0770. The molecule has 178 valence electrons. The van der Waals surface area contributed by atoms with Crippen LogP contribution in [0.1, 0.15) is 16.3 Å². The van der Waals surface area contributed by atoms with Gasteiger partial charge < -0.3 is 5.32 Å². The van der Waals surface area contributed by atoms with Crippen LogP contribution in [-0.4, -0.2) is 30.4 Å². The summed E-state index contributed by atoms with van der Waals surface area (Å²) in [5.74, 6) is -0.596. The van der Waals surface area contributed by atoms with Gasteiger partial charge >= 0.3 is 12.4 Å². The summed E-state index contributed by atoms with van der Waals surface area (Å²) in [4.78, 5) is 12.4. The van der Waals surface area contributed by atoms with Gasteiger partial charge in [-0.25, -0.2) is 13.1 Å². The smallest absolute Gasteiger partial charge is 0.326 e. The summed E-state index contributed by atoms with van der Waals surface area (Å²) in [7, 11) is -3.57. The van der Waals surface area contributed by atoms with E-state index in [9.17, 15) is 39.6 Å². The second-order valence-electron chi connectivity index (χ2n) is 6.70. The average molecular weight is 532 g/mol. The molecule has 0 aliphatic rings. The fraction of sp³-hybridized carbons (Fsp3) is 0.222. The third kappa shape index (κ3) is 5.68. The van der Waals surface area contributed by atoms with Crippen LogP contribution >= 0.6 is 22.9 Å². The van der Waals surface area contributed by atoms with E-state index in [2.05, 4.69) is 10.4 Å². The first-order valence-corrected chi connectivity index (χ1v) is 11.8. The molecule has 6 nitrogen and oxygen atoms in total. The molecule has 1 N–H and O–H groups in total. The van der Waals surface area contributed by atoms with E-state index in [1.54, 1.807) is 0 Å². The number of benzene rings is 1. The van der Waals surface area contributed by atoms with E-state index in [4.69, 9.17) is 11.6 Å². The lowest BCUT2D eigenvalue weighted by Crippen LogP contribution is -2.15. The van der Waals surface area contributed by atoms with E-state index >= 15 is 0 Å². The van der Waals surface area contributed by atoms with Crippen LogP contribution in [0.3, 0.4) is 0 Å². The van der Waals surface area contributed by atoms with Crippen LogP contribution in [0.5, 0.6) is 0 Å². The zero-order chi connectivity index (χ0) is 24.8. The van der Waals surface area contributed by atoms with Crippen LogP contribution in [0.2, 0.25) is 5.02 Å². The molecular weight excluding hydrogens is 520 g/mol. The number of sulfone groups is 1. The number of carbonyl (C=O) groups is 1. The van der Waals surface area contributed by atoms with Crippen LogP contribution in [0.4, 0.5) is 32.0 Å². The van der Waals surface area contributed by atoms with Crippen molar-refractivity contribution in [3.05, 3.63) is 57.0 Å². The Hall–Kier alpha value is -2.58. The summed E-state index contributed by atoms with van der Waals surface area (Å²) in [5.41, 5.74) is -3.49. The van der Waals surface area contributed by atoms with Gasteiger partial charge in [-0.15, -0.1) is 11.3 Å². The SMILES string of the molecule is CS(=O)(=O)c1csc(CC(=O)Nc2ccc(-n3nc(C(F)(F)F)cc3C(F)(F)F)cc2)c1Cl. The lowest BCUT2D eigenvalue weighted by Gasteiger charge is -2.11. The number of thiophene rings is 1. The van der Waals surface area contributed by atoms with Crippen molar-refractivity contribution in [3.63, 3.8) is 0 Å². The number of carbonyl (C=O) groups excluding carboxylic acids is 1. The number of amides is 1. The summed E-state index contributed by atoms with van der Waals surface area (Å²) >= 11 is 6.97. The van der Waals surface area contributed by atoms with Crippen molar-refractivity contribution < 1.29 is 39.6 Å². The van der Waals surface area contributed by atoms with Crippen molar-refractivity contribution in [2.75, 3.05) is 11.6 Å². The fourth-order valence-electron chi connectivity index (χ4n) is 2.69. The largest absolute Gasteiger partial charge is 0.435 e. The standard InChI is InChI=1S/C18H12ClF6N3O3S2/c1-33(30,31)12-8-32-11(16(12)19)6-15(29)26-9-2-4-10(5-3-9)28-14(18(23,24)25)7-13(27-28)17(20,21)22/h2-5,7-8H,6H2,1H3,(H,26,29). The molecule has 3 rings (SSSR count). The number of halogens is 7. The lowest BCUT2D eigenvalue weighted by atomic mass is 10.2. The molecule has 0 unspecified atom stereocenters. The molecule has 0 saturated heterocycles. The molecule has 3 aromatic rings. The van der Waals surface area contributed by atoms with E-state index in [1.807, 2.05) is 0 Å². The van der Waals surface area contributed by atoms with Crippen LogP contribution in [0.25, 0.3) is 5.69 Å². The highest BCUT2D eigenvalue weighted by molar-refractivity contribution is 7.91. The maximum atomic E-state index is 13.2. The van der Waals surface area contributed by atoms with Gasteiger partial charge in [-0.2, -0.15) is 31.4 Å². The second-order valence-corrected chi connectivity index (χ2v) is 10.0. The number of nitrogens with zero attached hydrogens (tertiary/aromatic N) is 2. The molecular formula is C18H12ClF6N3O3S2. The topological polar surface area (TPSA) is 81.1 Å². The molecule has 1 amide bonds. The Bertz CT molecular complexity index is 1300. The maximum Gasteiger partial charge on any atom is 0.435 e. The Morgan fingerprint density at radius 2 is 1.73 bits per heavy atom. The van der Waals surface area contributed by atoms with Gasteiger partial charge in [0.2, 0.25) is 5.91 Å². The average Bonchev–Trinajstić information content (AvgIpc) is 3.26. The minimum atomic E-state index is -5.09. The van der Waals surface area contributed by atoms with Gasteiger partial charge in [-0.1, -0.05) is 11.6 Å². The molecule has 0 atom stereocenters. The first kappa shape index (κ1) is 25.1. The quantitative estimate of drug-likeness (QED) is 0.458. The molecule has 0 saturated carbocycles. The zero-order valence-electron chi connectivity index (χ0n) is 16.3. The molecule has 0 aliphatic carbocycles. The normalized spacial score (nSPS) is 12.7. The molecule has 0 fully saturated rings. The summed E-state index contributed by atoms with van der Waals surface area (Å²) in [6, 6.07) is 4.38. The Labute approximate surface area is 191 Å². The van der Waals surface area contributed by atoms with Crippen molar-refractivity contribution in [2.24, 2.45) is 0 Å². The molecule has 0 bridgehead atoms. The van der Waals surface area contributed by atoms with Gasteiger partial charge in [0.1, 0.15) is 5.69 Å². The van der Waals surface area contributed by atoms with Crippen LogP contribution in [0.15, 0.2) is 40.6 Å². The number of rotatable bonds is 5. The maximum absolute atomic E-state index is 13.2. The highest BCUT2D eigenvalue weighted by Crippen LogP contribution is 2.36. The molecule has 1 aromatic carbocycles. The van der Waals surface area contributed by atoms with Crippen molar-refractivity contribution in [2.45, 2.75) is 23.7 Å². The third-order valence-corrected chi connectivity index (χ3v) is 7.09. The van der Waals surface area contributed by atoms with E-state index in [0.717, 1.165) is 29.7 Å². The highest BCUT2D eigenvalue weighted by atomic mass is 35.5. The number of hydrogen-bond acceptors (Lipinski definition) is 5. The van der Waals surface area contributed by atoms with Gasteiger partial charge in [0, 0.05) is 28.3 Å². The Kier molecular flexibility index (Phi) is 6.56. The molecule has 2 heterocycles. The molecule has 0 spiro atoms. The highest BCUT2D eigenvalue weighted by Gasteiger charge is 2.42. The summed E-state index contributed by atoms with van der Waals surface area (Å²) < 4.78 is 101. The van der Waals surface area contributed by atoms with Gasteiger partial charge in [-0.3, -0.25) is 4.79 Å². The van der Waals surface area contributed by atoms with Gasteiger partial charge in [0.25, 0.3) is 0 Å². The third-order valence-electron chi connectivity index (χ3n) is 4.18. The van der Waals surface area contributed by atoms with Crippen molar-refractivity contribution in [3.8, 4) is 5.69 Å². The summed E-state index contributed by atoms with van der Waals surface area (Å²) in [5, 5.41) is 6.69. The lowest BCUT2D eigenvalue weighted by molar-refractivity contribution is -0.143. The fourth-order valence-corrected chi connectivity index (χ4v) is 5.58. The molecule has 33 heavy (non-hydrogen) atoms. The molecule has 0 radical (unpaired) electrons. The molecule has 0 aliphatic heterocycles. The first-order valence-electron chi connectivity index (χ1n) is 8.68. The van der Waals surface area contributed by atoms with Crippen LogP contribution < -0.4 is 5.32 Å². The Morgan fingerprint density at radius 3 is 2.21 bits per heavy atom. The van der Waals surface area contributed by atoms with E-state index in [-0.39, 0.29) is 43.3 Å². The number of aromatic nitrogens is 2. The molecule has 2 aromatic heterocycles. The van der Waals surface area contributed by atoms with Crippen molar-refractivity contribution in [1.82, 2.24) is 9.78 Å². The number of hydrogen-bond donors (Lipinski definition) is 1. The number of nitrogens with one attached hydrogen (secondary N) is 1. The van der Waals surface area contributed by atoms with E-state index < -0.39 is 39.5 Å². The number of alkyl halides is 6. The zero-order valence-corrected chi connectivity index (χ0v) is 18.6. The molecule has 15 heteroatoms. The summed E-state index contributed by atoms with van der Waals surface area (Å²) in [6.45, 7) is 0. The van der Waals surface area contributed by atoms with Gasteiger partial charge in [0.05, 0.1) is 22.0 Å². The van der Waals surface area contributed by atoms with Gasteiger partial charge in [0.15, 0.2) is 15.5 Å².